The van der Waals surface area contributed by atoms with Crippen LogP contribution in [0, 0.1) is 6.92 Å². The molecule has 0 aliphatic carbocycles. The van der Waals surface area contributed by atoms with Gasteiger partial charge >= 0.3 is 0 Å². The van der Waals surface area contributed by atoms with E-state index in [1.54, 1.807) is 6.20 Å². The molecular formula is C12H9BrCl2N2. The van der Waals surface area contributed by atoms with Gasteiger partial charge in [0, 0.05) is 10.7 Å². The zero-order valence-electron chi connectivity index (χ0n) is 8.97. The van der Waals surface area contributed by atoms with Crippen molar-refractivity contribution in [1.29, 1.82) is 0 Å². The predicted molar refractivity (Wildman–Crippen MR) is 76.4 cm³/mol. The minimum atomic E-state index is 0.574. The molecule has 1 N–H and O–H groups in total. The summed E-state index contributed by atoms with van der Waals surface area (Å²) in [5.74, 6) is 0.697. The first-order chi connectivity index (χ1) is 8.08. The first kappa shape index (κ1) is 12.7. The van der Waals surface area contributed by atoms with Crippen molar-refractivity contribution in [2.75, 3.05) is 5.32 Å². The number of benzene rings is 1. The minimum absolute atomic E-state index is 0.574. The summed E-state index contributed by atoms with van der Waals surface area (Å²) < 4.78 is 0.921. The number of rotatable bonds is 2. The largest absolute Gasteiger partial charge is 0.338 e. The predicted octanol–water partition coefficient (Wildman–Crippen LogP) is 5.20. The molecule has 2 nitrogen and oxygen atoms in total. The molecule has 2 rings (SSSR count). The molecule has 0 unspecified atom stereocenters. The fourth-order valence-corrected chi connectivity index (χ4v) is 2.05. The molecule has 0 fully saturated rings. The van der Waals surface area contributed by atoms with Crippen LogP contribution in [0.15, 0.2) is 34.9 Å². The fourth-order valence-electron chi connectivity index (χ4n) is 1.35. The van der Waals surface area contributed by atoms with Crippen molar-refractivity contribution in [3.05, 3.63) is 50.5 Å². The zero-order valence-corrected chi connectivity index (χ0v) is 12.1. The lowest BCUT2D eigenvalue weighted by Crippen LogP contribution is -1.95. The molecule has 0 bridgehead atoms. The summed E-state index contributed by atoms with van der Waals surface area (Å²) in [5, 5.41) is 4.30. The average Bonchev–Trinajstić information content (AvgIpc) is 2.32. The molecule has 0 saturated heterocycles. The summed E-state index contributed by atoms with van der Waals surface area (Å²) in [6, 6.07) is 7.43. The molecule has 0 saturated carbocycles. The Kier molecular flexibility index (Phi) is 3.92. The number of hydrogen-bond acceptors (Lipinski definition) is 2. The number of nitrogens with one attached hydrogen (secondary N) is 1. The van der Waals surface area contributed by atoms with Crippen molar-refractivity contribution in [3.8, 4) is 0 Å². The number of halogens is 3. The van der Waals surface area contributed by atoms with Gasteiger partial charge in [0.15, 0.2) is 0 Å². The summed E-state index contributed by atoms with van der Waals surface area (Å²) >= 11 is 15.6. The van der Waals surface area contributed by atoms with Crippen LogP contribution in [0.1, 0.15) is 5.56 Å². The quantitative estimate of drug-likeness (QED) is 0.817. The van der Waals surface area contributed by atoms with Gasteiger partial charge in [0.2, 0.25) is 0 Å². The van der Waals surface area contributed by atoms with Crippen molar-refractivity contribution in [3.63, 3.8) is 0 Å². The molecule has 0 atom stereocenters. The number of nitrogens with zero attached hydrogens (tertiary/aromatic N) is 1. The highest BCUT2D eigenvalue weighted by atomic mass is 79.9. The van der Waals surface area contributed by atoms with E-state index in [1.165, 1.54) is 0 Å². The molecule has 0 radical (unpaired) electrons. The summed E-state index contributed by atoms with van der Waals surface area (Å²) in [6.45, 7) is 1.93. The zero-order chi connectivity index (χ0) is 12.4. The Morgan fingerprint density at radius 2 is 1.94 bits per heavy atom. The molecule has 2 aromatic rings. The Morgan fingerprint density at radius 1 is 1.18 bits per heavy atom. The van der Waals surface area contributed by atoms with Gasteiger partial charge in [-0.3, -0.25) is 0 Å². The van der Waals surface area contributed by atoms with Crippen LogP contribution >= 0.6 is 39.1 Å². The molecule has 1 aromatic carbocycles. The van der Waals surface area contributed by atoms with Crippen LogP contribution in [0.4, 0.5) is 11.5 Å². The Bertz CT molecular complexity index is 541. The number of aryl methyl sites for hydroxylation is 1. The second-order valence-corrected chi connectivity index (χ2v) is 5.24. The van der Waals surface area contributed by atoms with Crippen LogP contribution in [0.3, 0.4) is 0 Å². The van der Waals surface area contributed by atoms with E-state index in [1.807, 2.05) is 31.2 Å². The van der Waals surface area contributed by atoms with Crippen molar-refractivity contribution < 1.29 is 0 Å². The number of aromatic nitrogens is 1. The van der Waals surface area contributed by atoms with E-state index in [4.69, 9.17) is 23.2 Å². The lowest BCUT2D eigenvalue weighted by Gasteiger charge is -2.11. The van der Waals surface area contributed by atoms with Gasteiger partial charge in [-0.15, -0.1) is 0 Å². The maximum Gasteiger partial charge on any atom is 0.130 e. The topological polar surface area (TPSA) is 24.9 Å². The Hall–Kier alpha value is -0.770. The molecule has 1 aromatic heterocycles. The highest BCUT2D eigenvalue weighted by Crippen LogP contribution is 2.34. The molecule has 88 valence electrons. The first-order valence-electron chi connectivity index (χ1n) is 4.91. The number of anilines is 2. The first-order valence-corrected chi connectivity index (χ1v) is 6.46. The lowest BCUT2D eigenvalue weighted by atomic mass is 10.2. The summed E-state index contributed by atoms with van der Waals surface area (Å²) in [6.07, 6.45) is 1.71. The standard InChI is InChI=1S/C12H9BrCl2N2/c1-7-2-4-9(14)12(11(7)15)17-10-5-3-8(13)6-16-10/h2-6H,1H3,(H,16,17). The highest BCUT2D eigenvalue weighted by molar-refractivity contribution is 9.10. The van der Waals surface area contributed by atoms with Crippen LogP contribution in [0.2, 0.25) is 10.0 Å². The third-order valence-electron chi connectivity index (χ3n) is 2.26. The molecule has 17 heavy (non-hydrogen) atoms. The third kappa shape index (κ3) is 2.92. The number of hydrogen-bond donors (Lipinski definition) is 1. The maximum atomic E-state index is 6.20. The van der Waals surface area contributed by atoms with E-state index >= 15 is 0 Å². The van der Waals surface area contributed by atoms with Crippen molar-refractivity contribution in [2.24, 2.45) is 0 Å². The van der Waals surface area contributed by atoms with Crippen LogP contribution in [0.5, 0.6) is 0 Å². The van der Waals surface area contributed by atoms with Crippen molar-refractivity contribution >= 4 is 50.6 Å². The van der Waals surface area contributed by atoms with Crippen LogP contribution in [0.25, 0.3) is 0 Å². The van der Waals surface area contributed by atoms with Gasteiger partial charge in [-0.25, -0.2) is 4.98 Å². The summed E-state index contributed by atoms with van der Waals surface area (Å²) in [5.41, 5.74) is 1.65. The SMILES string of the molecule is Cc1ccc(Cl)c(Nc2ccc(Br)cn2)c1Cl. The third-order valence-corrected chi connectivity index (χ3v) is 3.54. The smallest absolute Gasteiger partial charge is 0.130 e. The highest BCUT2D eigenvalue weighted by Gasteiger charge is 2.08. The van der Waals surface area contributed by atoms with Gasteiger partial charge in [-0.05, 0) is 46.6 Å². The van der Waals surface area contributed by atoms with Gasteiger partial charge in [0.05, 0.1) is 15.7 Å². The van der Waals surface area contributed by atoms with Crippen molar-refractivity contribution in [1.82, 2.24) is 4.98 Å². The monoisotopic (exact) mass is 330 g/mol. The van der Waals surface area contributed by atoms with E-state index in [9.17, 15) is 0 Å². The van der Waals surface area contributed by atoms with Crippen LogP contribution in [-0.2, 0) is 0 Å². The Morgan fingerprint density at radius 3 is 2.59 bits per heavy atom. The second-order valence-electron chi connectivity index (χ2n) is 3.54. The van der Waals surface area contributed by atoms with E-state index in [2.05, 4.69) is 26.2 Å². The van der Waals surface area contributed by atoms with E-state index in [0.717, 1.165) is 10.0 Å². The summed E-state index contributed by atoms with van der Waals surface area (Å²) in [4.78, 5) is 4.21. The molecular weight excluding hydrogens is 323 g/mol. The van der Waals surface area contributed by atoms with Gasteiger partial charge in [-0.2, -0.15) is 0 Å². The van der Waals surface area contributed by atoms with Crippen molar-refractivity contribution in [2.45, 2.75) is 6.92 Å². The van der Waals surface area contributed by atoms with E-state index < -0.39 is 0 Å². The minimum Gasteiger partial charge on any atom is -0.338 e. The van der Waals surface area contributed by atoms with Crippen LogP contribution in [-0.4, -0.2) is 4.98 Å². The summed E-state index contributed by atoms with van der Waals surface area (Å²) in [7, 11) is 0. The second kappa shape index (κ2) is 5.25. The molecule has 1 heterocycles. The van der Waals surface area contributed by atoms with E-state index in [-0.39, 0.29) is 0 Å². The molecule has 0 spiro atoms. The van der Waals surface area contributed by atoms with Gasteiger partial charge < -0.3 is 5.32 Å². The molecule has 0 amide bonds. The normalized spacial score (nSPS) is 10.4. The number of pyridine rings is 1. The maximum absolute atomic E-state index is 6.20. The van der Waals surface area contributed by atoms with Gasteiger partial charge in [-0.1, -0.05) is 29.3 Å². The average molecular weight is 332 g/mol. The van der Waals surface area contributed by atoms with Gasteiger partial charge in [0.1, 0.15) is 5.82 Å². The fraction of sp³-hybridized carbons (Fsp3) is 0.0833. The van der Waals surface area contributed by atoms with Crippen LogP contribution < -0.4 is 5.32 Å². The lowest BCUT2D eigenvalue weighted by molar-refractivity contribution is 1.29. The molecule has 5 heteroatoms. The van der Waals surface area contributed by atoms with Gasteiger partial charge in [0.25, 0.3) is 0 Å². The molecule has 0 aliphatic heterocycles. The molecule has 0 aliphatic rings. The Labute approximate surface area is 118 Å². The van der Waals surface area contributed by atoms with E-state index in [0.29, 0.717) is 21.6 Å². The Balaban J connectivity index is 2.36.